The van der Waals surface area contributed by atoms with E-state index in [9.17, 15) is 8.42 Å². The van der Waals surface area contributed by atoms with E-state index in [1.807, 2.05) is 32.9 Å². The SMILES string of the molecule is CC(C)(C)c1ccccc1S(=O)(=O)c1ccc(Br)cc1. The third-order valence-corrected chi connectivity index (χ3v) is 5.46. The Hall–Kier alpha value is -1.13. The number of hydrogen-bond acceptors (Lipinski definition) is 2. The third-order valence-electron chi connectivity index (χ3n) is 3.11. The van der Waals surface area contributed by atoms with Gasteiger partial charge in [0.1, 0.15) is 0 Å². The molecule has 0 spiro atoms. The molecule has 0 radical (unpaired) electrons. The fraction of sp³-hybridized carbons (Fsp3) is 0.250. The summed E-state index contributed by atoms with van der Waals surface area (Å²) in [4.78, 5) is 0.701. The standard InChI is InChI=1S/C16H17BrO2S/c1-16(2,3)14-6-4-5-7-15(14)20(18,19)13-10-8-12(17)9-11-13/h4-11H,1-3H3. The minimum Gasteiger partial charge on any atom is -0.219 e. The van der Waals surface area contributed by atoms with Crippen LogP contribution < -0.4 is 0 Å². The lowest BCUT2D eigenvalue weighted by atomic mass is 9.87. The number of hydrogen-bond donors (Lipinski definition) is 0. The van der Waals surface area contributed by atoms with E-state index < -0.39 is 9.84 Å². The molecular weight excluding hydrogens is 336 g/mol. The van der Waals surface area contributed by atoms with Crippen molar-refractivity contribution >= 4 is 25.8 Å². The summed E-state index contributed by atoms with van der Waals surface area (Å²) in [6, 6.07) is 13.9. The van der Waals surface area contributed by atoms with Crippen molar-refractivity contribution in [3.63, 3.8) is 0 Å². The van der Waals surface area contributed by atoms with Gasteiger partial charge in [0.25, 0.3) is 0 Å². The molecular formula is C16H17BrO2S. The Balaban J connectivity index is 2.64. The number of sulfone groups is 1. The Kier molecular flexibility index (Phi) is 4.07. The Labute approximate surface area is 128 Å². The molecule has 106 valence electrons. The first-order valence-corrected chi connectivity index (χ1v) is 8.61. The summed E-state index contributed by atoms with van der Waals surface area (Å²) in [5.74, 6) is 0. The summed E-state index contributed by atoms with van der Waals surface area (Å²) in [6.07, 6.45) is 0. The maximum atomic E-state index is 12.8. The Morgan fingerprint density at radius 2 is 1.45 bits per heavy atom. The van der Waals surface area contributed by atoms with Crippen molar-refractivity contribution in [3.05, 3.63) is 58.6 Å². The molecule has 0 aliphatic rings. The summed E-state index contributed by atoms with van der Waals surface area (Å²) >= 11 is 3.32. The van der Waals surface area contributed by atoms with E-state index in [1.165, 1.54) is 0 Å². The summed E-state index contributed by atoms with van der Waals surface area (Å²) in [5.41, 5.74) is 0.613. The zero-order chi connectivity index (χ0) is 15.0. The van der Waals surface area contributed by atoms with Crippen molar-refractivity contribution in [2.75, 3.05) is 0 Å². The maximum absolute atomic E-state index is 12.8. The molecule has 0 heterocycles. The lowest BCUT2D eigenvalue weighted by molar-refractivity contribution is 0.561. The molecule has 4 heteroatoms. The molecule has 2 rings (SSSR count). The van der Waals surface area contributed by atoms with Gasteiger partial charge in [0, 0.05) is 4.47 Å². The van der Waals surface area contributed by atoms with E-state index in [1.54, 1.807) is 36.4 Å². The van der Waals surface area contributed by atoms with Crippen molar-refractivity contribution < 1.29 is 8.42 Å². The summed E-state index contributed by atoms with van der Waals surface area (Å²) in [7, 11) is -3.49. The number of halogens is 1. The van der Waals surface area contributed by atoms with E-state index in [-0.39, 0.29) is 5.41 Å². The predicted molar refractivity (Wildman–Crippen MR) is 84.7 cm³/mol. The van der Waals surface area contributed by atoms with Crippen LogP contribution in [0.4, 0.5) is 0 Å². The quantitative estimate of drug-likeness (QED) is 0.792. The molecule has 0 atom stereocenters. The lowest BCUT2D eigenvalue weighted by Gasteiger charge is -2.22. The first-order chi connectivity index (χ1) is 9.23. The van der Waals surface area contributed by atoms with Crippen molar-refractivity contribution in [1.82, 2.24) is 0 Å². The molecule has 0 aromatic heterocycles. The van der Waals surface area contributed by atoms with E-state index >= 15 is 0 Å². The van der Waals surface area contributed by atoms with E-state index in [0.29, 0.717) is 9.79 Å². The second-order valence-electron chi connectivity index (χ2n) is 5.70. The monoisotopic (exact) mass is 352 g/mol. The number of rotatable bonds is 2. The Bertz CT molecular complexity index is 711. The van der Waals surface area contributed by atoms with Crippen LogP contribution in [0.3, 0.4) is 0 Å². The fourth-order valence-electron chi connectivity index (χ4n) is 2.06. The van der Waals surface area contributed by atoms with Crippen LogP contribution in [0.5, 0.6) is 0 Å². The van der Waals surface area contributed by atoms with Crippen molar-refractivity contribution in [2.24, 2.45) is 0 Å². The van der Waals surface area contributed by atoms with E-state index in [4.69, 9.17) is 0 Å². The van der Waals surface area contributed by atoms with Gasteiger partial charge in [-0.05, 0) is 41.3 Å². The van der Waals surface area contributed by atoms with Crippen LogP contribution in [0.2, 0.25) is 0 Å². The highest BCUT2D eigenvalue weighted by Gasteiger charge is 2.26. The van der Waals surface area contributed by atoms with Crippen LogP contribution in [-0.4, -0.2) is 8.42 Å². The average Bonchev–Trinajstić information content (AvgIpc) is 2.38. The summed E-state index contributed by atoms with van der Waals surface area (Å²) in [6.45, 7) is 6.05. The lowest BCUT2D eigenvalue weighted by Crippen LogP contribution is -2.17. The van der Waals surface area contributed by atoms with Gasteiger partial charge < -0.3 is 0 Å². The van der Waals surface area contributed by atoms with Gasteiger partial charge in [0.2, 0.25) is 9.84 Å². The molecule has 0 amide bonds. The largest absolute Gasteiger partial charge is 0.219 e. The van der Waals surface area contributed by atoms with Gasteiger partial charge in [0.05, 0.1) is 9.79 Å². The highest BCUT2D eigenvalue weighted by Crippen LogP contribution is 2.32. The minimum atomic E-state index is -3.49. The summed E-state index contributed by atoms with van der Waals surface area (Å²) < 4.78 is 26.5. The van der Waals surface area contributed by atoms with Crippen LogP contribution in [-0.2, 0) is 15.3 Å². The van der Waals surface area contributed by atoms with Crippen molar-refractivity contribution in [2.45, 2.75) is 36.0 Å². The van der Waals surface area contributed by atoms with Crippen molar-refractivity contribution in [3.8, 4) is 0 Å². The topological polar surface area (TPSA) is 34.1 Å². The third kappa shape index (κ3) is 2.96. The van der Waals surface area contributed by atoms with Crippen LogP contribution in [0, 0.1) is 0 Å². The zero-order valence-corrected chi connectivity index (χ0v) is 14.1. The molecule has 0 saturated heterocycles. The maximum Gasteiger partial charge on any atom is 0.206 e. The molecule has 0 fully saturated rings. The van der Waals surface area contributed by atoms with E-state index in [0.717, 1.165) is 10.0 Å². The van der Waals surface area contributed by atoms with E-state index in [2.05, 4.69) is 15.9 Å². The molecule has 2 aromatic rings. The van der Waals surface area contributed by atoms with Gasteiger partial charge >= 0.3 is 0 Å². The molecule has 0 bridgehead atoms. The van der Waals surface area contributed by atoms with Gasteiger partial charge in [-0.2, -0.15) is 0 Å². The molecule has 20 heavy (non-hydrogen) atoms. The number of benzene rings is 2. The molecule has 0 saturated carbocycles. The normalized spacial score (nSPS) is 12.4. The molecule has 0 aliphatic carbocycles. The van der Waals surface area contributed by atoms with Crippen LogP contribution >= 0.6 is 15.9 Å². The molecule has 0 aliphatic heterocycles. The fourth-order valence-corrected chi connectivity index (χ4v) is 4.00. The average molecular weight is 353 g/mol. The Morgan fingerprint density at radius 1 is 0.900 bits per heavy atom. The highest BCUT2D eigenvalue weighted by atomic mass is 79.9. The predicted octanol–water partition coefficient (Wildman–Crippen LogP) is 4.58. The van der Waals surface area contributed by atoms with Gasteiger partial charge in [0.15, 0.2) is 0 Å². The van der Waals surface area contributed by atoms with Crippen molar-refractivity contribution in [1.29, 1.82) is 0 Å². The molecule has 2 aromatic carbocycles. The molecule has 0 unspecified atom stereocenters. The smallest absolute Gasteiger partial charge is 0.206 e. The van der Waals surface area contributed by atoms with Crippen LogP contribution in [0.1, 0.15) is 26.3 Å². The van der Waals surface area contributed by atoms with Crippen LogP contribution in [0.15, 0.2) is 62.8 Å². The first kappa shape index (κ1) is 15.3. The molecule has 0 N–H and O–H groups in total. The first-order valence-electron chi connectivity index (χ1n) is 6.33. The van der Waals surface area contributed by atoms with Crippen LogP contribution in [0.25, 0.3) is 0 Å². The summed E-state index contributed by atoms with van der Waals surface area (Å²) in [5, 5.41) is 0. The second kappa shape index (κ2) is 5.34. The highest BCUT2D eigenvalue weighted by molar-refractivity contribution is 9.10. The second-order valence-corrected chi connectivity index (χ2v) is 8.54. The van der Waals surface area contributed by atoms with Gasteiger partial charge in [-0.15, -0.1) is 0 Å². The van der Waals surface area contributed by atoms with Gasteiger partial charge in [-0.1, -0.05) is 54.9 Å². The zero-order valence-electron chi connectivity index (χ0n) is 11.7. The van der Waals surface area contributed by atoms with Gasteiger partial charge in [-0.3, -0.25) is 0 Å². The Morgan fingerprint density at radius 3 is 2.00 bits per heavy atom. The molecule has 2 nitrogen and oxygen atoms in total. The van der Waals surface area contributed by atoms with Gasteiger partial charge in [-0.25, -0.2) is 8.42 Å². The minimum absolute atomic E-state index is 0.223.